The summed E-state index contributed by atoms with van der Waals surface area (Å²) in [4.78, 5) is 24.6. The monoisotopic (exact) mass is 323 g/mol. The number of halogens is 3. The van der Waals surface area contributed by atoms with Gasteiger partial charge in [0.1, 0.15) is 0 Å². The Balaban J connectivity index is 2.02. The number of aliphatic hydroxyl groups excluding tert-OH is 1. The third-order valence-electron chi connectivity index (χ3n) is 4.84. The second kappa shape index (κ2) is 5.69. The number of hydrogen-bond acceptors (Lipinski definition) is 4. The fourth-order valence-corrected chi connectivity index (χ4v) is 3.52. The number of alkyl halides is 3. The van der Waals surface area contributed by atoms with E-state index < -0.39 is 23.6 Å². The Labute approximate surface area is 125 Å². The lowest BCUT2D eigenvalue weighted by molar-refractivity contribution is -0.211. The van der Waals surface area contributed by atoms with Crippen LogP contribution in [0.3, 0.4) is 0 Å². The predicted octanol–water partition coefficient (Wildman–Crippen LogP) is 0.164. The summed E-state index contributed by atoms with van der Waals surface area (Å²) >= 11 is 0. The molecule has 2 fully saturated rings. The van der Waals surface area contributed by atoms with Crippen LogP contribution in [0.2, 0.25) is 0 Å². The highest BCUT2D eigenvalue weighted by molar-refractivity contribution is 5.85. The van der Waals surface area contributed by atoms with Crippen LogP contribution in [0.4, 0.5) is 13.2 Å². The van der Waals surface area contributed by atoms with Crippen molar-refractivity contribution in [2.24, 2.45) is 23.1 Å². The van der Waals surface area contributed by atoms with Crippen molar-refractivity contribution in [2.75, 3.05) is 13.1 Å². The first-order valence-corrected chi connectivity index (χ1v) is 7.18. The van der Waals surface area contributed by atoms with Crippen LogP contribution in [-0.2, 0) is 9.59 Å². The van der Waals surface area contributed by atoms with E-state index in [1.165, 1.54) is 0 Å². The smallest absolute Gasteiger partial charge is 0.376 e. The fraction of sp³-hybridized carbons (Fsp3) is 0.846. The van der Waals surface area contributed by atoms with E-state index in [-0.39, 0.29) is 30.8 Å². The Morgan fingerprint density at radius 3 is 2.41 bits per heavy atom. The molecule has 2 amide bonds. The number of nitrogens with zero attached hydrogens (tertiary/aromatic N) is 1. The number of rotatable bonds is 3. The highest BCUT2D eigenvalue weighted by atomic mass is 19.4. The first-order valence-electron chi connectivity index (χ1n) is 7.18. The highest BCUT2D eigenvalue weighted by Crippen LogP contribution is 2.56. The molecule has 3 atom stereocenters. The highest BCUT2D eigenvalue weighted by Gasteiger charge is 2.58. The van der Waals surface area contributed by atoms with E-state index >= 15 is 0 Å². The molecule has 0 aromatic heterocycles. The van der Waals surface area contributed by atoms with Gasteiger partial charge in [0.15, 0.2) is 0 Å². The maximum atomic E-state index is 12.4. The van der Waals surface area contributed by atoms with Gasteiger partial charge in [0.2, 0.25) is 12.0 Å². The average Bonchev–Trinajstić information content (AvgIpc) is 3.25. The molecule has 126 valence electrons. The van der Waals surface area contributed by atoms with Gasteiger partial charge >= 0.3 is 6.18 Å². The van der Waals surface area contributed by atoms with E-state index in [0.29, 0.717) is 19.3 Å². The number of amides is 2. The summed E-state index contributed by atoms with van der Waals surface area (Å²) < 4.78 is 37.2. The van der Waals surface area contributed by atoms with Crippen molar-refractivity contribution in [3.63, 3.8) is 0 Å². The third kappa shape index (κ3) is 2.91. The number of aliphatic hydroxyl groups is 1. The van der Waals surface area contributed by atoms with Crippen LogP contribution in [0, 0.1) is 17.3 Å². The fourth-order valence-electron chi connectivity index (χ4n) is 3.52. The molecule has 1 saturated heterocycles. The zero-order chi connectivity index (χ0) is 16.7. The van der Waals surface area contributed by atoms with Gasteiger partial charge in [0, 0.05) is 13.1 Å². The van der Waals surface area contributed by atoms with Crippen LogP contribution in [0.25, 0.3) is 0 Å². The van der Waals surface area contributed by atoms with Gasteiger partial charge in [-0.15, -0.1) is 0 Å². The van der Waals surface area contributed by atoms with Crippen LogP contribution in [0.1, 0.15) is 26.2 Å². The number of nitrogens with one attached hydrogen (secondary N) is 1. The van der Waals surface area contributed by atoms with E-state index in [4.69, 9.17) is 10.9 Å². The van der Waals surface area contributed by atoms with Gasteiger partial charge in [-0.3, -0.25) is 15.0 Å². The van der Waals surface area contributed by atoms with Gasteiger partial charge in [-0.2, -0.15) is 13.2 Å². The number of hydrogen-bond donors (Lipinski definition) is 3. The van der Waals surface area contributed by atoms with Crippen molar-refractivity contribution < 1.29 is 27.9 Å². The predicted molar refractivity (Wildman–Crippen MR) is 69.9 cm³/mol. The van der Waals surface area contributed by atoms with Crippen molar-refractivity contribution >= 4 is 11.8 Å². The minimum Gasteiger partial charge on any atom is -0.376 e. The minimum absolute atomic E-state index is 0.0249. The lowest BCUT2D eigenvalue weighted by atomic mass is 9.74. The van der Waals surface area contributed by atoms with Gasteiger partial charge in [0.05, 0.1) is 5.41 Å². The summed E-state index contributed by atoms with van der Waals surface area (Å²) in [5, 5.41) is 9.06. The van der Waals surface area contributed by atoms with Crippen LogP contribution < -0.4 is 11.3 Å². The number of nitrogens with two attached hydrogens (primary N) is 1. The molecule has 2 unspecified atom stereocenters. The van der Waals surface area contributed by atoms with Gasteiger partial charge in [-0.1, -0.05) is 6.92 Å². The molecule has 0 spiro atoms. The van der Waals surface area contributed by atoms with Crippen LogP contribution in [-0.4, -0.2) is 47.2 Å². The molecule has 6 nitrogen and oxygen atoms in total. The molecule has 0 aromatic rings. The van der Waals surface area contributed by atoms with Crippen LogP contribution >= 0.6 is 0 Å². The van der Waals surface area contributed by atoms with E-state index in [2.05, 4.69) is 5.43 Å². The molecule has 4 N–H and O–H groups in total. The summed E-state index contributed by atoms with van der Waals surface area (Å²) in [5.41, 5.74) is 1.60. The maximum Gasteiger partial charge on any atom is 0.423 e. The summed E-state index contributed by atoms with van der Waals surface area (Å²) in [5.74, 6) is 3.45. The molecule has 0 aromatic carbocycles. The number of carbonyl (C=O) groups is 2. The zero-order valence-electron chi connectivity index (χ0n) is 12.2. The maximum absolute atomic E-state index is 12.4. The Morgan fingerprint density at radius 2 is 2.00 bits per heavy atom. The standard InChI is InChI=1S/C13H20F3N3O3/c1-7-6-19(10(21)9(20)13(14,15)16)5-2-8(7)12(3-4-12)11(22)18-17/h7-9,20H,2-6,17H2,1H3,(H,18,22)/t7?,8?,9-/m0/s1. The molecule has 1 aliphatic carbocycles. The molecular formula is C13H20F3N3O3. The van der Waals surface area contributed by atoms with Gasteiger partial charge < -0.3 is 10.0 Å². The lowest BCUT2D eigenvalue weighted by Gasteiger charge is -2.41. The lowest BCUT2D eigenvalue weighted by Crippen LogP contribution is -2.53. The Hall–Kier alpha value is -1.35. The molecule has 1 aliphatic heterocycles. The van der Waals surface area contributed by atoms with E-state index in [0.717, 1.165) is 4.90 Å². The van der Waals surface area contributed by atoms with Crippen molar-refractivity contribution in [1.29, 1.82) is 0 Å². The molecular weight excluding hydrogens is 303 g/mol. The van der Waals surface area contributed by atoms with Crippen molar-refractivity contribution in [3.05, 3.63) is 0 Å². The number of piperidine rings is 1. The molecule has 1 heterocycles. The zero-order valence-corrected chi connectivity index (χ0v) is 12.2. The molecule has 22 heavy (non-hydrogen) atoms. The molecule has 0 bridgehead atoms. The normalized spacial score (nSPS) is 28.9. The van der Waals surface area contributed by atoms with Crippen LogP contribution in [0.5, 0.6) is 0 Å². The van der Waals surface area contributed by atoms with E-state index in [9.17, 15) is 22.8 Å². The quantitative estimate of drug-likeness (QED) is 0.392. The molecule has 1 saturated carbocycles. The summed E-state index contributed by atoms with van der Waals surface area (Å²) in [6, 6.07) is 0. The van der Waals surface area contributed by atoms with Gasteiger partial charge in [0.25, 0.3) is 5.91 Å². The Bertz CT molecular complexity index is 465. The molecule has 9 heteroatoms. The molecule has 0 radical (unpaired) electrons. The topological polar surface area (TPSA) is 95.7 Å². The van der Waals surface area contributed by atoms with Gasteiger partial charge in [-0.25, -0.2) is 5.84 Å². The Morgan fingerprint density at radius 1 is 1.41 bits per heavy atom. The number of hydrazine groups is 1. The van der Waals surface area contributed by atoms with E-state index in [1.807, 2.05) is 0 Å². The third-order valence-corrected chi connectivity index (χ3v) is 4.84. The first kappa shape index (κ1) is 17.0. The summed E-state index contributed by atoms with van der Waals surface area (Å²) in [6.45, 7) is 1.99. The largest absolute Gasteiger partial charge is 0.423 e. The van der Waals surface area contributed by atoms with E-state index in [1.54, 1.807) is 6.92 Å². The summed E-state index contributed by atoms with van der Waals surface area (Å²) in [6.07, 6.45) is -6.13. The second-order valence-electron chi connectivity index (χ2n) is 6.23. The SMILES string of the molecule is CC1CN(C(=O)[C@H](O)C(F)(F)F)CCC1C1(C(=O)NN)CC1. The minimum atomic E-state index is -4.96. The molecule has 2 aliphatic rings. The molecule has 2 rings (SSSR count). The second-order valence-corrected chi connectivity index (χ2v) is 6.23. The average molecular weight is 323 g/mol. The first-order chi connectivity index (χ1) is 10.1. The van der Waals surface area contributed by atoms with Crippen molar-refractivity contribution in [3.8, 4) is 0 Å². The van der Waals surface area contributed by atoms with Crippen molar-refractivity contribution in [2.45, 2.75) is 38.5 Å². The Kier molecular flexibility index (Phi) is 4.40. The van der Waals surface area contributed by atoms with Crippen molar-refractivity contribution in [1.82, 2.24) is 10.3 Å². The number of likely N-dealkylation sites (tertiary alicyclic amines) is 1. The van der Waals surface area contributed by atoms with Crippen LogP contribution in [0.15, 0.2) is 0 Å². The summed E-state index contributed by atoms with van der Waals surface area (Å²) in [7, 11) is 0. The van der Waals surface area contributed by atoms with Gasteiger partial charge in [-0.05, 0) is 31.1 Å². The number of carbonyl (C=O) groups excluding carboxylic acids is 2.